The number of rotatable bonds is 7. The first-order valence-electron chi connectivity index (χ1n) is 8.91. The summed E-state index contributed by atoms with van der Waals surface area (Å²) in [6.07, 6.45) is -2.91. The van der Waals surface area contributed by atoms with Gasteiger partial charge in [-0.1, -0.05) is 30.3 Å². The van der Waals surface area contributed by atoms with Gasteiger partial charge in [0.1, 0.15) is 5.41 Å². The van der Waals surface area contributed by atoms with E-state index in [1.54, 1.807) is 0 Å². The summed E-state index contributed by atoms with van der Waals surface area (Å²) in [7, 11) is 0. The van der Waals surface area contributed by atoms with Gasteiger partial charge in [-0.2, -0.15) is 13.2 Å². The second-order valence-electron chi connectivity index (χ2n) is 7.00. The molecule has 2 amide bonds. The van der Waals surface area contributed by atoms with E-state index in [4.69, 9.17) is 0 Å². The van der Waals surface area contributed by atoms with Crippen LogP contribution in [0.5, 0.6) is 0 Å². The standard InChI is InChI=1S/C21H23F3N2O2/c1-20(2,18(27)25-14-6-9-15-7-4-3-5-8-15)19(28)26-17-12-10-16(11-13-17)21(22,23)24/h3-5,7-8,10-13H,6,9,14H2,1-2H3,(H,25,27)(H,26,28). The van der Waals surface area contributed by atoms with Crippen molar-refractivity contribution in [2.75, 3.05) is 11.9 Å². The fourth-order valence-corrected chi connectivity index (χ4v) is 2.49. The van der Waals surface area contributed by atoms with Crippen LogP contribution in [0.3, 0.4) is 0 Å². The summed E-state index contributed by atoms with van der Waals surface area (Å²) in [6.45, 7) is 3.36. The number of hydrogen-bond donors (Lipinski definition) is 2. The Morgan fingerprint density at radius 2 is 1.50 bits per heavy atom. The third kappa shape index (κ3) is 5.84. The van der Waals surface area contributed by atoms with Crippen molar-refractivity contribution in [2.24, 2.45) is 5.41 Å². The molecule has 2 N–H and O–H groups in total. The topological polar surface area (TPSA) is 58.2 Å². The summed E-state index contributed by atoms with van der Waals surface area (Å²) >= 11 is 0. The highest BCUT2D eigenvalue weighted by molar-refractivity contribution is 6.09. The Labute approximate surface area is 162 Å². The van der Waals surface area contributed by atoms with Crippen molar-refractivity contribution in [2.45, 2.75) is 32.9 Å². The highest BCUT2D eigenvalue weighted by Crippen LogP contribution is 2.30. The average Bonchev–Trinajstić information content (AvgIpc) is 2.65. The molecule has 0 unspecified atom stereocenters. The number of anilines is 1. The van der Waals surface area contributed by atoms with Gasteiger partial charge in [0.05, 0.1) is 5.56 Å². The van der Waals surface area contributed by atoms with Crippen molar-refractivity contribution < 1.29 is 22.8 Å². The molecule has 0 saturated heterocycles. The van der Waals surface area contributed by atoms with E-state index in [1.807, 2.05) is 30.3 Å². The zero-order chi connectivity index (χ0) is 20.8. The van der Waals surface area contributed by atoms with Crippen LogP contribution in [-0.4, -0.2) is 18.4 Å². The highest BCUT2D eigenvalue weighted by Gasteiger charge is 2.36. The monoisotopic (exact) mass is 392 g/mol. The first-order chi connectivity index (χ1) is 13.1. The molecule has 0 fully saturated rings. The van der Waals surface area contributed by atoms with Crippen molar-refractivity contribution in [3.8, 4) is 0 Å². The molecule has 0 aliphatic rings. The van der Waals surface area contributed by atoms with Gasteiger partial charge in [0, 0.05) is 12.2 Å². The molecule has 0 heterocycles. The van der Waals surface area contributed by atoms with E-state index in [9.17, 15) is 22.8 Å². The summed E-state index contributed by atoms with van der Waals surface area (Å²) in [5, 5.41) is 5.23. The van der Waals surface area contributed by atoms with Crippen LogP contribution in [0.1, 0.15) is 31.4 Å². The molecule has 150 valence electrons. The maximum absolute atomic E-state index is 12.6. The fourth-order valence-electron chi connectivity index (χ4n) is 2.49. The summed E-state index contributed by atoms with van der Waals surface area (Å²) in [6, 6.07) is 13.9. The molecule has 2 aromatic rings. The lowest BCUT2D eigenvalue weighted by Gasteiger charge is -2.23. The van der Waals surface area contributed by atoms with Crippen molar-refractivity contribution in [3.05, 3.63) is 65.7 Å². The molecule has 2 aromatic carbocycles. The average molecular weight is 392 g/mol. The molecule has 2 rings (SSSR count). The van der Waals surface area contributed by atoms with Gasteiger partial charge in [-0.25, -0.2) is 0 Å². The van der Waals surface area contributed by atoms with E-state index in [-0.39, 0.29) is 5.69 Å². The molecule has 0 bridgehead atoms. The van der Waals surface area contributed by atoms with Crippen molar-refractivity contribution >= 4 is 17.5 Å². The number of halogens is 3. The molecule has 0 spiro atoms. The van der Waals surface area contributed by atoms with Crippen LogP contribution in [0.15, 0.2) is 54.6 Å². The Bertz CT molecular complexity index is 801. The minimum atomic E-state index is -4.44. The van der Waals surface area contributed by atoms with Gasteiger partial charge in [-0.3, -0.25) is 9.59 Å². The van der Waals surface area contributed by atoms with E-state index in [0.717, 1.165) is 42.7 Å². The molecular weight excluding hydrogens is 369 g/mol. The van der Waals surface area contributed by atoms with Gasteiger partial charge in [0.2, 0.25) is 11.8 Å². The Balaban J connectivity index is 1.86. The van der Waals surface area contributed by atoms with E-state index in [2.05, 4.69) is 10.6 Å². The predicted octanol–water partition coefficient (Wildman–Crippen LogP) is 4.42. The summed E-state index contributed by atoms with van der Waals surface area (Å²) in [5.41, 5.74) is -0.810. The van der Waals surface area contributed by atoms with Crippen molar-refractivity contribution in [1.29, 1.82) is 0 Å². The maximum atomic E-state index is 12.6. The summed E-state index contributed by atoms with van der Waals surface area (Å²) in [5.74, 6) is -1.03. The number of nitrogens with one attached hydrogen (secondary N) is 2. The second kappa shape index (κ2) is 8.91. The van der Waals surface area contributed by atoms with Gasteiger partial charge in [0.25, 0.3) is 0 Å². The zero-order valence-electron chi connectivity index (χ0n) is 15.8. The molecule has 0 aromatic heterocycles. The molecule has 0 saturated carbocycles. The zero-order valence-corrected chi connectivity index (χ0v) is 15.8. The molecule has 0 aliphatic carbocycles. The van der Waals surface area contributed by atoms with Crippen LogP contribution in [0.4, 0.5) is 18.9 Å². The molecule has 28 heavy (non-hydrogen) atoms. The second-order valence-corrected chi connectivity index (χ2v) is 7.00. The van der Waals surface area contributed by atoms with Gasteiger partial charge in [0.15, 0.2) is 0 Å². The van der Waals surface area contributed by atoms with Crippen LogP contribution < -0.4 is 10.6 Å². The summed E-state index contributed by atoms with van der Waals surface area (Å²) < 4.78 is 37.8. The number of carbonyl (C=O) groups is 2. The van der Waals surface area contributed by atoms with E-state index in [1.165, 1.54) is 13.8 Å². The Morgan fingerprint density at radius 1 is 0.893 bits per heavy atom. The minimum absolute atomic E-state index is 0.197. The largest absolute Gasteiger partial charge is 0.416 e. The minimum Gasteiger partial charge on any atom is -0.355 e. The first-order valence-corrected chi connectivity index (χ1v) is 8.91. The lowest BCUT2D eigenvalue weighted by molar-refractivity contribution is -0.139. The molecule has 4 nitrogen and oxygen atoms in total. The lowest BCUT2D eigenvalue weighted by atomic mass is 9.90. The fraction of sp³-hybridized carbons (Fsp3) is 0.333. The molecular formula is C21H23F3N2O2. The lowest BCUT2D eigenvalue weighted by Crippen LogP contribution is -2.45. The van der Waals surface area contributed by atoms with Crippen molar-refractivity contribution in [3.63, 3.8) is 0 Å². The molecule has 0 atom stereocenters. The highest BCUT2D eigenvalue weighted by atomic mass is 19.4. The van der Waals surface area contributed by atoms with E-state index >= 15 is 0 Å². The van der Waals surface area contributed by atoms with Gasteiger partial charge < -0.3 is 10.6 Å². The molecule has 0 aliphatic heterocycles. The third-order valence-electron chi connectivity index (χ3n) is 4.38. The van der Waals surface area contributed by atoms with Gasteiger partial charge in [-0.15, -0.1) is 0 Å². The predicted molar refractivity (Wildman–Crippen MR) is 102 cm³/mol. The Morgan fingerprint density at radius 3 is 2.07 bits per heavy atom. The Kier molecular flexibility index (Phi) is 6.83. The SMILES string of the molecule is CC(C)(C(=O)NCCCc1ccccc1)C(=O)Nc1ccc(C(F)(F)F)cc1. The van der Waals surface area contributed by atoms with Gasteiger partial charge >= 0.3 is 6.18 Å². The maximum Gasteiger partial charge on any atom is 0.416 e. The molecule has 7 heteroatoms. The summed E-state index contributed by atoms with van der Waals surface area (Å²) in [4.78, 5) is 24.8. The van der Waals surface area contributed by atoms with Crippen LogP contribution in [-0.2, 0) is 22.2 Å². The van der Waals surface area contributed by atoms with Crippen LogP contribution in [0.25, 0.3) is 0 Å². The number of hydrogen-bond acceptors (Lipinski definition) is 2. The third-order valence-corrected chi connectivity index (χ3v) is 4.38. The smallest absolute Gasteiger partial charge is 0.355 e. The number of aryl methyl sites for hydroxylation is 1. The quantitative estimate of drug-likeness (QED) is 0.541. The van der Waals surface area contributed by atoms with Crippen LogP contribution in [0.2, 0.25) is 0 Å². The Hall–Kier alpha value is -2.83. The normalized spacial score (nSPS) is 11.8. The number of carbonyl (C=O) groups excluding carboxylic acids is 2. The number of amides is 2. The van der Waals surface area contributed by atoms with E-state index < -0.39 is 29.0 Å². The number of benzene rings is 2. The van der Waals surface area contributed by atoms with Crippen LogP contribution in [0, 0.1) is 5.41 Å². The molecule has 0 radical (unpaired) electrons. The first kappa shape index (κ1) is 21.5. The van der Waals surface area contributed by atoms with Gasteiger partial charge in [-0.05, 0) is 56.5 Å². The van der Waals surface area contributed by atoms with E-state index in [0.29, 0.717) is 6.54 Å². The van der Waals surface area contributed by atoms with Crippen LogP contribution >= 0.6 is 0 Å². The number of alkyl halides is 3. The van der Waals surface area contributed by atoms with Crippen molar-refractivity contribution in [1.82, 2.24) is 5.32 Å².